The summed E-state index contributed by atoms with van der Waals surface area (Å²) in [6.45, 7) is 5.78. The fourth-order valence-electron chi connectivity index (χ4n) is 1.87. The molecule has 0 saturated carbocycles. The molecule has 0 radical (unpaired) electrons. The zero-order valence-corrected chi connectivity index (χ0v) is 11.1. The summed E-state index contributed by atoms with van der Waals surface area (Å²) in [7, 11) is 0. The molecule has 0 aliphatic carbocycles. The number of ether oxygens (including phenoxy) is 1. The topological polar surface area (TPSA) is 38.3 Å². The molecule has 1 unspecified atom stereocenters. The minimum Gasteiger partial charge on any atom is -0.464 e. The van der Waals surface area contributed by atoms with Gasteiger partial charge in [-0.2, -0.15) is 0 Å². The molecule has 18 heavy (non-hydrogen) atoms. The number of hydrogen-bond donors (Lipinski definition) is 1. The minimum atomic E-state index is -0.896. The lowest BCUT2D eigenvalue weighted by Gasteiger charge is -2.29. The van der Waals surface area contributed by atoms with E-state index in [9.17, 15) is 9.18 Å². The van der Waals surface area contributed by atoms with Crippen LogP contribution in [0.25, 0.3) is 0 Å². The van der Waals surface area contributed by atoms with Gasteiger partial charge in [-0.1, -0.05) is 25.5 Å². The summed E-state index contributed by atoms with van der Waals surface area (Å²) in [5.41, 5.74) is -0.575. The van der Waals surface area contributed by atoms with Gasteiger partial charge in [0.2, 0.25) is 0 Å². The Morgan fingerprint density at radius 3 is 2.61 bits per heavy atom. The molecule has 0 aromatic heterocycles. The molecule has 1 atom stereocenters. The molecule has 0 saturated heterocycles. The first-order valence-corrected chi connectivity index (χ1v) is 6.23. The molecule has 0 aliphatic heterocycles. The maximum absolute atomic E-state index is 13.6. The number of nitrogens with one attached hydrogen (secondary N) is 1. The van der Waals surface area contributed by atoms with Gasteiger partial charge in [0, 0.05) is 0 Å². The van der Waals surface area contributed by atoms with E-state index in [1.54, 1.807) is 32.0 Å². The second-order valence-electron chi connectivity index (χ2n) is 4.41. The molecule has 0 spiro atoms. The Bertz CT molecular complexity index is 409. The molecule has 0 heterocycles. The SMILES string of the molecule is CCCC(C)(Nc1ccccc1F)C(=O)OCC. The fourth-order valence-corrected chi connectivity index (χ4v) is 1.87. The van der Waals surface area contributed by atoms with Gasteiger partial charge in [-0.05, 0) is 32.4 Å². The van der Waals surface area contributed by atoms with Crippen molar-refractivity contribution in [3.8, 4) is 0 Å². The Hall–Kier alpha value is -1.58. The summed E-state index contributed by atoms with van der Waals surface area (Å²) in [6.07, 6.45) is 1.39. The molecule has 0 aliphatic rings. The Labute approximate surface area is 107 Å². The van der Waals surface area contributed by atoms with E-state index in [2.05, 4.69) is 5.32 Å². The second-order valence-corrected chi connectivity index (χ2v) is 4.41. The van der Waals surface area contributed by atoms with Crippen LogP contribution >= 0.6 is 0 Å². The molecular formula is C14H20FNO2. The number of hydrogen-bond acceptors (Lipinski definition) is 3. The van der Waals surface area contributed by atoms with Crippen molar-refractivity contribution in [2.24, 2.45) is 0 Å². The van der Waals surface area contributed by atoms with E-state index in [4.69, 9.17) is 4.74 Å². The Balaban J connectivity index is 2.92. The predicted molar refractivity (Wildman–Crippen MR) is 70.0 cm³/mol. The van der Waals surface area contributed by atoms with E-state index in [1.165, 1.54) is 6.07 Å². The van der Waals surface area contributed by atoms with Crippen LogP contribution in [0.15, 0.2) is 24.3 Å². The third kappa shape index (κ3) is 3.45. The molecule has 3 nitrogen and oxygen atoms in total. The maximum Gasteiger partial charge on any atom is 0.331 e. The van der Waals surface area contributed by atoms with Gasteiger partial charge in [0.25, 0.3) is 0 Å². The molecule has 1 aromatic carbocycles. The monoisotopic (exact) mass is 253 g/mol. The number of carbonyl (C=O) groups excluding carboxylic acids is 1. The summed E-state index contributed by atoms with van der Waals surface area (Å²) in [5.74, 6) is -0.723. The van der Waals surface area contributed by atoms with E-state index in [0.717, 1.165) is 6.42 Å². The third-order valence-corrected chi connectivity index (χ3v) is 2.76. The van der Waals surface area contributed by atoms with Gasteiger partial charge in [0.05, 0.1) is 12.3 Å². The summed E-state index contributed by atoms with van der Waals surface area (Å²) < 4.78 is 18.6. The van der Waals surface area contributed by atoms with Crippen molar-refractivity contribution in [1.29, 1.82) is 0 Å². The highest BCUT2D eigenvalue weighted by molar-refractivity contribution is 5.84. The normalized spacial score (nSPS) is 13.8. The largest absolute Gasteiger partial charge is 0.464 e. The van der Waals surface area contributed by atoms with E-state index in [1.807, 2.05) is 6.92 Å². The zero-order chi connectivity index (χ0) is 13.6. The molecular weight excluding hydrogens is 233 g/mol. The summed E-state index contributed by atoms with van der Waals surface area (Å²) in [4.78, 5) is 12.0. The van der Waals surface area contributed by atoms with Crippen LogP contribution in [0.4, 0.5) is 10.1 Å². The van der Waals surface area contributed by atoms with Gasteiger partial charge in [-0.3, -0.25) is 0 Å². The highest BCUT2D eigenvalue weighted by Crippen LogP contribution is 2.23. The number of anilines is 1. The Morgan fingerprint density at radius 2 is 2.06 bits per heavy atom. The first kappa shape index (κ1) is 14.5. The number of benzene rings is 1. The average Bonchev–Trinajstić information content (AvgIpc) is 2.33. The van der Waals surface area contributed by atoms with E-state index < -0.39 is 5.54 Å². The number of rotatable bonds is 6. The van der Waals surface area contributed by atoms with Crippen LogP contribution in [-0.2, 0) is 9.53 Å². The number of esters is 1. The molecule has 1 N–H and O–H groups in total. The van der Waals surface area contributed by atoms with Crippen LogP contribution in [-0.4, -0.2) is 18.1 Å². The van der Waals surface area contributed by atoms with Gasteiger partial charge in [0.1, 0.15) is 11.4 Å². The van der Waals surface area contributed by atoms with Crippen LogP contribution in [0.2, 0.25) is 0 Å². The minimum absolute atomic E-state index is 0.317. The van der Waals surface area contributed by atoms with Crippen LogP contribution in [0.3, 0.4) is 0 Å². The van der Waals surface area contributed by atoms with Crippen molar-refractivity contribution in [2.45, 2.75) is 39.2 Å². The average molecular weight is 253 g/mol. The van der Waals surface area contributed by atoms with Gasteiger partial charge in [0.15, 0.2) is 0 Å². The van der Waals surface area contributed by atoms with E-state index in [-0.39, 0.29) is 11.8 Å². The highest BCUT2D eigenvalue weighted by atomic mass is 19.1. The molecule has 0 fully saturated rings. The van der Waals surface area contributed by atoms with E-state index in [0.29, 0.717) is 18.7 Å². The fraction of sp³-hybridized carbons (Fsp3) is 0.500. The second kappa shape index (κ2) is 6.38. The summed E-state index contributed by atoms with van der Waals surface area (Å²) >= 11 is 0. The smallest absolute Gasteiger partial charge is 0.331 e. The molecule has 0 amide bonds. The third-order valence-electron chi connectivity index (χ3n) is 2.76. The van der Waals surface area contributed by atoms with Crippen molar-refractivity contribution in [3.63, 3.8) is 0 Å². The van der Waals surface area contributed by atoms with Gasteiger partial charge in [-0.15, -0.1) is 0 Å². The lowest BCUT2D eigenvalue weighted by Crippen LogP contribution is -2.44. The zero-order valence-electron chi connectivity index (χ0n) is 11.1. The molecule has 0 bridgehead atoms. The molecule has 100 valence electrons. The summed E-state index contributed by atoms with van der Waals surface area (Å²) in [5, 5.41) is 2.96. The van der Waals surface area contributed by atoms with Crippen LogP contribution in [0, 0.1) is 5.82 Å². The van der Waals surface area contributed by atoms with Gasteiger partial charge in [-0.25, -0.2) is 9.18 Å². The Morgan fingerprint density at radius 1 is 1.39 bits per heavy atom. The quantitative estimate of drug-likeness (QED) is 0.790. The highest BCUT2D eigenvalue weighted by Gasteiger charge is 2.34. The standard InChI is InChI=1S/C14H20FNO2/c1-4-10-14(3,13(17)18-5-2)16-12-9-7-6-8-11(12)15/h6-9,16H,4-5,10H2,1-3H3. The van der Waals surface area contributed by atoms with Crippen molar-refractivity contribution in [1.82, 2.24) is 0 Å². The van der Waals surface area contributed by atoms with Gasteiger partial charge < -0.3 is 10.1 Å². The first-order valence-electron chi connectivity index (χ1n) is 6.23. The molecule has 4 heteroatoms. The van der Waals surface area contributed by atoms with Crippen molar-refractivity contribution >= 4 is 11.7 Å². The Kier molecular flexibility index (Phi) is 5.13. The maximum atomic E-state index is 13.6. The van der Waals surface area contributed by atoms with Crippen molar-refractivity contribution in [3.05, 3.63) is 30.1 Å². The number of halogens is 1. The molecule has 1 aromatic rings. The predicted octanol–water partition coefficient (Wildman–Crippen LogP) is 3.36. The number of para-hydroxylation sites is 1. The summed E-state index contributed by atoms with van der Waals surface area (Å²) in [6, 6.07) is 6.31. The van der Waals surface area contributed by atoms with Crippen LogP contribution in [0.1, 0.15) is 33.6 Å². The molecule has 1 rings (SSSR count). The van der Waals surface area contributed by atoms with E-state index >= 15 is 0 Å². The lowest BCUT2D eigenvalue weighted by atomic mass is 9.95. The first-order chi connectivity index (χ1) is 8.53. The van der Waals surface area contributed by atoms with Crippen molar-refractivity contribution in [2.75, 3.05) is 11.9 Å². The van der Waals surface area contributed by atoms with Crippen LogP contribution in [0.5, 0.6) is 0 Å². The van der Waals surface area contributed by atoms with Crippen molar-refractivity contribution < 1.29 is 13.9 Å². The van der Waals surface area contributed by atoms with Crippen LogP contribution < -0.4 is 5.32 Å². The number of carbonyl (C=O) groups is 1. The van der Waals surface area contributed by atoms with Gasteiger partial charge >= 0.3 is 5.97 Å². The lowest BCUT2D eigenvalue weighted by molar-refractivity contribution is -0.148.